The molecule has 3 aromatic rings. The molecule has 158 valence electrons. The van der Waals surface area contributed by atoms with Gasteiger partial charge >= 0.3 is 0 Å². The molecular weight excluding hydrogens is 402 g/mol. The number of nitrogens with zero attached hydrogens (tertiary/aromatic N) is 4. The van der Waals surface area contributed by atoms with Crippen molar-refractivity contribution in [2.45, 2.75) is 13.0 Å². The molecule has 1 aliphatic heterocycles. The number of carbonyl (C=O) groups excluding carboxylic acids is 3. The van der Waals surface area contributed by atoms with Gasteiger partial charge in [-0.05, 0) is 19.1 Å². The first-order valence-electron chi connectivity index (χ1n) is 9.68. The van der Waals surface area contributed by atoms with Crippen LogP contribution in [0.5, 0.6) is 0 Å². The van der Waals surface area contributed by atoms with Gasteiger partial charge in [0.1, 0.15) is 11.0 Å². The van der Waals surface area contributed by atoms with Gasteiger partial charge in [0.15, 0.2) is 0 Å². The van der Waals surface area contributed by atoms with Crippen molar-refractivity contribution in [2.24, 2.45) is 0 Å². The maximum absolute atomic E-state index is 12.9. The number of amides is 2. The Morgan fingerprint density at radius 3 is 2.58 bits per heavy atom. The van der Waals surface area contributed by atoms with Crippen LogP contribution in [0.1, 0.15) is 27.6 Å². The van der Waals surface area contributed by atoms with E-state index in [0.717, 1.165) is 0 Å². The van der Waals surface area contributed by atoms with Gasteiger partial charge in [0.25, 0.3) is 23.3 Å². The predicted molar refractivity (Wildman–Crippen MR) is 111 cm³/mol. The van der Waals surface area contributed by atoms with Gasteiger partial charge in [-0.1, -0.05) is 18.2 Å². The smallest absolute Gasteiger partial charge is 0.295 e. The van der Waals surface area contributed by atoms with Crippen molar-refractivity contribution < 1.29 is 19.3 Å². The summed E-state index contributed by atoms with van der Waals surface area (Å²) in [5.74, 6) is -1.75. The zero-order chi connectivity index (χ0) is 22.1. The molecule has 1 atom stereocenters. The number of aromatic nitrogens is 2. The molecule has 4 rings (SSSR count). The monoisotopic (exact) mass is 421 g/mol. The van der Waals surface area contributed by atoms with Gasteiger partial charge in [0, 0.05) is 49.7 Å². The number of carbonyl (C=O) groups is 3. The number of rotatable bonds is 4. The van der Waals surface area contributed by atoms with E-state index < -0.39 is 22.7 Å². The number of nitrogens with one attached hydrogen (secondary N) is 1. The van der Waals surface area contributed by atoms with Crippen LogP contribution in [0.15, 0.2) is 48.8 Å². The SMILES string of the molecule is C[C@@H]1CN(C(=O)c2ccccc2)CCN1C(=O)C(=O)c1c[nH]c2nccc([N+](=O)[O-])c12. The maximum atomic E-state index is 12.9. The lowest BCUT2D eigenvalue weighted by molar-refractivity contribution is -0.383. The molecule has 3 heterocycles. The molecule has 0 saturated carbocycles. The van der Waals surface area contributed by atoms with Crippen LogP contribution in [0, 0.1) is 10.1 Å². The number of aromatic amines is 1. The molecule has 2 amide bonds. The highest BCUT2D eigenvalue weighted by molar-refractivity contribution is 6.45. The number of ketones is 1. The lowest BCUT2D eigenvalue weighted by Crippen LogP contribution is -2.56. The summed E-state index contributed by atoms with van der Waals surface area (Å²) >= 11 is 0. The van der Waals surface area contributed by atoms with Crippen LogP contribution in [-0.2, 0) is 4.79 Å². The molecule has 1 aliphatic rings. The number of fused-ring (bicyclic) bond motifs is 1. The molecule has 0 spiro atoms. The topological polar surface area (TPSA) is 130 Å². The Hall–Kier alpha value is -4.08. The van der Waals surface area contributed by atoms with Crippen LogP contribution in [0.4, 0.5) is 5.69 Å². The number of Topliss-reactive ketones (excluding diaryl/α,β-unsaturated/α-hetero) is 1. The second kappa shape index (κ2) is 7.98. The summed E-state index contributed by atoms with van der Waals surface area (Å²) in [6, 6.07) is 9.64. The summed E-state index contributed by atoms with van der Waals surface area (Å²) in [7, 11) is 0. The van der Waals surface area contributed by atoms with Gasteiger partial charge in [-0.15, -0.1) is 0 Å². The van der Waals surface area contributed by atoms with Crippen LogP contribution in [0.2, 0.25) is 0 Å². The fraction of sp³-hybridized carbons (Fsp3) is 0.238. The van der Waals surface area contributed by atoms with Crippen molar-refractivity contribution >= 4 is 34.3 Å². The predicted octanol–water partition coefficient (Wildman–Crippen LogP) is 2.03. The van der Waals surface area contributed by atoms with E-state index in [1.165, 1.54) is 23.4 Å². The highest BCUT2D eigenvalue weighted by Crippen LogP contribution is 2.28. The molecule has 0 radical (unpaired) electrons. The molecule has 31 heavy (non-hydrogen) atoms. The average Bonchev–Trinajstić information content (AvgIpc) is 3.22. The third kappa shape index (κ3) is 3.63. The summed E-state index contributed by atoms with van der Waals surface area (Å²) in [4.78, 5) is 59.0. The summed E-state index contributed by atoms with van der Waals surface area (Å²) in [5.41, 5.74) is 0.337. The molecule has 10 nitrogen and oxygen atoms in total. The van der Waals surface area contributed by atoms with Gasteiger partial charge in [-0.25, -0.2) is 4.98 Å². The third-order valence-electron chi connectivity index (χ3n) is 5.38. The van der Waals surface area contributed by atoms with Crippen LogP contribution < -0.4 is 0 Å². The first kappa shape index (κ1) is 20.2. The van der Waals surface area contributed by atoms with Crippen LogP contribution in [-0.4, -0.2) is 68.0 Å². The van der Waals surface area contributed by atoms with E-state index in [-0.39, 0.29) is 47.8 Å². The zero-order valence-corrected chi connectivity index (χ0v) is 16.6. The van der Waals surface area contributed by atoms with Crippen molar-refractivity contribution in [3.8, 4) is 0 Å². The molecule has 0 unspecified atom stereocenters. The van der Waals surface area contributed by atoms with E-state index in [1.807, 2.05) is 6.07 Å². The van der Waals surface area contributed by atoms with E-state index >= 15 is 0 Å². The Kier molecular flexibility index (Phi) is 5.20. The van der Waals surface area contributed by atoms with Crippen molar-refractivity contribution in [2.75, 3.05) is 19.6 Å². The number of hydrogen-bond acceptors (Lipinski definition) is 6. The number of benzene rings is 1. The maximum Gasteiger partial charge on any atom is 0.295 e. The number of hydrogen-bond donors (Lipinski definition) is 1. The molecule has 10 heteroatoms. The first-order valence-corrected chi connectivity index (χ1v) is 9.68. The van der Waals surface area contributed by atoms with E-state index in [4.69, 9.17) is 0 Å². The molecule has 0 bridgehead atoms. The fourth-order valence-corrected chi connectivity index (χ4v) is 3.82. The fourth-order valence-electron chi connectivity index (χ4n) is 3.82. The van der Waals surface area contributed by atoms with Gasteiger partial charge in [0.2, 0.25) is 0 Å². The van der Waals surface area contributed by atoms with E-state index in [0.29, 0.717) is 5.56 Å². The molecule has 1 fully saturated rings. The summed E-state index contributed by atoms with van der Waals surface area (Å²) in [6.07, 6.45) is 2.53. The van der Waals surface area contributed by atoms with Gasteiger partial charge in [-0.2, -0.15) is 0 Å². The second-order valence-corrected chi connectivity index (χ2v) is 7.31. The van der Waals surface area contributed by atoms with Crippen molar-refractivity contribution in [1.82, 2.24) is 19.8 Å². The Bertz CT molecular complexity index is 1190. The van der Waals surface area contributed by atoms with Crippen molar-refractivity contribution in [3.05, 3.63) is 70.0 Å². The van der Waals surface area contributed by atoms with E-state index in [1.54, 1.807) is 36.1 Å². The Labute approximate surface area is 176 Å². The van der Waals surface area contributed by atoms with Crippen molar-refractivity contribution in [3.63, 3.8) is 0 Å². The summed E-state index contributed by atoms with van der Waals surface area (Å²) < 4.78 is 0. The van der Waals surface area contributed by atoms with Crippen LogP contribution in [0.25, 0.3) is 11.0 Å². The standard InChI is InChI=1S/C21H19N5O5/c1-13-12-24(20(28)14-5-3-2-4-6-14)9-10-25(13)21(29)18(27)15-11-23-19-17(15)16(26(30)31)7-8-22-19/h2-8,11,13H,9-10,12H2,1H3,(H,22,23)/t13-/m1/s1. The second-order valence-electron chi connectivity index (χ2n) is 7.31. The lowest BCUT2D eigenvalue weighted by atomic mass is 10.1. The van der Waals surface area contributed by atoms with Crippen LogP contribution in [0.3, 0.4) is 0 Å². The molecule has 2 aromatic heterocycles. The summed E-state index contributed by atoms with van der Waals surface area (Å²) in [6.45, 7) is 2.51. The molecule has 1 saturated heterocycles. The normalized spacial score (nSPS) is 16.4. The van der Waals surface area contributed by atoms with Gasteiger partial charge < -0.3 is 14.8 Å². The van der Waals surface area contributed by atoms with Crippen LogP contribution >= 0.6 is 0 Å². The average molecular weight is 421 g/mol. The number of pyridine rings is 1. The molecule has 1 N–H and O–H groups in total. The molecule has 0 aliphatic carbocycles. The minimum Gasteiger partial charge on any atom is -0.345 e. The highest BCUT2D eigenvalue weighted by Gasteiger charge is 2.35. The van der Waals surface area contributed by atoms with E-state index in [9.17, 15) is 24.5 Å². The number of H-pyrrole nitrogens is 1. The van der Waals surface area contributed by atoms with Gasteiger partial charge in [0.05, 0.1) is 10.5 Å². The molecule has 1 aromatic carbocycles. The van der Waals surface area contributed by atoms with Crippen molar-refractivity contribution in [1.29, 1.82) is 0 Å². The molecular formula is C21H19N5O5. The Morgan fingerprint density at radius 1 is 1.16 bits per heavy atom. The zero-order valence-electron chi connectivity index (χ0n) is 16.6. The highest BCUT2D eigenvalue weighted by atomic mass is 16.6. The first-order chi connectivity index (χ1) is 14.9. The lowest BCUT2D eigenvalue weighted by Gasteiger charge is -2.39. The van der Waals surface area contributed by atoms with Gasteiger partial charge in [-0.3, -0.25) is 24.5 Å². The van der Waals surface area contributed by atoms with E-state index in [2.05, 4.69) is 9.97 Å². The minimum absolute atomic E-state index is 0.0106. The number of nitro groups is 1. The Morgan fingerprint density at radius 2 is 1.90 bits per heavy atom. The largest absolute Gasteiger partial charge is 0.345 e. The third-order valence-corrected chi connectivity index (χ3v) is 5.38. The quantitative estimate of drug-likeness (QED) is 0.297. The number of piperazine rings is 1. The Balaban J connectivity index is 1.53. The minimum atomic E-state index is -0.850. The summed E-state index contributed by atoms with van der Waals surface area (Å²) in [5, 5.41) is 11.4.